The van der Waals surface area contributed by atoms with E-state index in [0.29, 0.717) is 38.9 Å². The van der Waals surface area contributed by atoms with Crippen LogP contribution in [0.25, 0.3) is 0 Å². The van der Waals surface area contributed by atoms with E-state index in [0.717, 1.165) is 25.7 Å². The summed E-state index contributed by atoms with van der Waals surface area (Å²) >= 11 is 0. The molecule has 0 saturated carbocycles. The van der Waals surface area contributed by atoms with Gasteiger partial charge in [-0.1, -0.05) is 45.8 Å². The van der Waals surface area contributed by atoms with Gasteiger partial charge < -0.3 is 24.5 Å². The van der Waals surface area contributed by atoms with Crippen LogP contribution in [-0.2, 0) is 19.1 Å². The minimum atomic E-state index is -1.00. The van der Waals surface area contributed by atoms with E-state index in [4.69, 9.17) is 9.84 Å². The number of aliphatic hydroxyl groups excluding tert-OH is 1. The number of carbonyl (C=O) groups excluding carboxylic acids is 3. The van der Waals surface area contributed by atoms with Crippen molar-refractivity contribution in [3.05, 3.63) is 25.3 Å². The van der Waals surface area contributed by atoms with Crippen molar-refractivity contribution < 1.29 is 24.2 Å². The van der Waals surface area contributed by atoms with Gasteiger partial charge in [-0.15, -0.1) is 13.2 Å². The monoisotopic (exact) mass is 545 g/mol. The first-order valence-electron chi connectivity index (χ1n) is 14.6. The van der Waals surface area contributed by atoms with Gasteiger partial charge in [0.25, 0.3) is 0 Å². The van der Waals surface area contributed by atoms with Crippen LogP contribution >= 0.6 is 0 Å². The normalized spacial score (nSPS) is 28.0. The van der Waals surface area contributed by atoms with Gasteiger partial charge >= 0.3 is 0 Å². The molecule has 8 nitrogen and oxygen atoms in total. The predicted octanol–water partition coefficient (Wildman–Crippen LogP) is 3.79. The number of likely N-dealkylation sites (N-methyl/N-ethyl adjacent to an activating group) is 1. The van der Waals surface area contributed by atoms with E-state index in [1.165, 1.54) is 0 Å². The smallest absolute Gasteiger partial charge is 0.249 e. The molecule has 0 aromatic heterocycles. The van der Waals surface area contributed by atoms with Crippen molar-refractivity contribution in [1.82, 2.24) is 14.7 Å². The van der Waals surface area contributed by atoms with Gasteiger partial charge in [0.15, 0.2) is 0 Å². The molecule has 0 aromatic carbocycles. The number of ether oxygens (including phenoxy) is 1. The lowest BCUT2D eigenvalue weighted by Gasteiger charge is -2.45. The van der Waals surface area contributed by atoms with Gasteiger partial charge in [0.05, 0.1) is 17.9 Å². The molecule has 3 aliphatic heterocycles. The van der Waals surface area contributed by atoms with E-state index in [1.54, 1.807) is 29.0 Å². The van der Waals surface area contributed by atoms with Gasteiger partial charge in [0, 0.05) is 38.8 Å². The van der Waals surface area contributed by atoms with Crippen LogP contribution in [0.3, 0.4) is 0 Å². The highest BCUT2D eigenvalue weighted by Crippen LogP contribution is 2.59. The lowest BCUT2D eigenvalue weighted by Crippen LogP contribution is -2.61. The number of hydrogen-bond acceptors (Lipinski definition) is 5. The third kappa shape index (κ3) is 6.12. The molecule has 2 unspecified atom stereocenters. The highest BCUT2D eigenvalue weighted by Gasteiger charge is 2.75. The van der Waals surface area contributed by atoms with E-state index in [-0.39, 0.29) is 35.8 Å². The zero-order valence-electron chi connectivity index (χ0n) is 25.1. The molecule has 0 aliphatic carbocycles. The van der Waals surface area contributed by atoms with E-state index < -0.39 is 29.0 Å². The average Bonchev–Trinajstić information content (AvgIpc) is 3.47. The Morgan fingerprint density at radius 3 is 2.31 bits per heavy atom. The van der Waals surface area contributed by atoms with Crippen molar-refractivity contribution in [1.29, 1.82) is 0 Å². The molecule has 3 heterocycles. The summed E-state index contributed by atoms with van der Waals surface area (Å²) in [5.74, 6) is -1.65. The number of likely N-dealkylation sites (tertiary alicyclic amines) is 1. The molecule has 39 heavy (non-hydrogen) atoms. The summed E-state index contributed by atoms with van der Waals surface area (Å²) < 4.78 is 6.62. The second-order valence-electron chi connectivity index (χ2n) is 13.5. The molecular weight excluding hydrogens is 494 g/mol. The van der Waals surface area contributed by atoms with Gasteiger partial charge in [0.2, 0.25) is 17.7 Å². The summed E-state index contributed by atoms with van der Waals surface area (Å²) in [4.78, 5) is 47.6. The van der Waals surface area contributed by atoms with Gasteiger partial charge in [-0.25, -0.2) is 0 Å². The number of aliphatic hydroxyl groups is 1. The quantitative estimate of drug-likeness (QED) is 0.265. The van der Waals surface area contributed by atoms with Crippen LogP contribution in [0.5, 0.6) is 0 Å². The molecule has 220 valence electrons. The van der Waals surface area contributed by atoms with E-state index in [1.807, 2.05) is 4.90 Å². The Morgan fingerprint density at radius 2 is 1.72 bits per heavy atom. The van der Waals surface area contributed by atoms with Gasteiger partial charge in [0.1, 0.15) is 11.6 Å². The fraction of sp³-hybridized carbons (Fsp3) is 0.774. The van der Waals surface area contributed by atoms with Crippen molar-refractivity contribution in [3.8, 4) is 0 Å². The van der Waals surface area contributed by atoms with Crippen LogP contribution in [0.15, 0.2) is 25.3 Å². The molecule has 3 rings (SSSR count). The van der Waals surface area contributed by atoms with Gasteiger partial charge in [-0.3, -0.25) is 14.4 Å². The highest BCUT2D eigenvalue weighted by molar-refractivity contribution is 5.99. The number of amides is 3. The minimum absolute atomic E-state index is 0.0164. The van der Waals surface area contributed by atoms with Crippen molar-refractivity contribution in [2.75, 3.05) is 33.3 Å². The van der Waals surface area contributed by atoms with Gasteiger partial charge in [-0.2, -0.15) is 0 Å². The first-order valence-corrected chi connectivity index (χ1v) is 14.6. The van der Waals surface area contributed by atoms with Crippen molar-refractivity contribution >= 4 is 17.7 Å². The Bertz CT molecular complexity index is 941. The lowest BCUT2D eigenvalue weighted by molar-refractivity contribution is -0.153. The molecule has 8 heteroatoms. The summed E-state index contributed by atoms with van der Waals surface area (Å²) in [5, 5.41) is 9.16. The standard InChI is InChI=1S/C31H51N3O5/c1-9-17-32(8)26(36)23-22-15-16-31(39-22)24(23)27(37)33(19-13-11-12-14-20-35)25(31)28(38)34(18-10-2)30(6,7)21-29(3,4)5/h9-10,22-25,35H,1-2,11-21H2,3-8H3/t22-,23+,24+,25?,31?/m1/s1. The minimum Gasteiger partial charge on any atom is -0.396 e. The summed E-state index contributed by atoms with van der Waals surface area (Å²) in [5.41, 5.74) is -1.50. The third-order valence-corrected chi connectivity index (χ3v) is 8.68. The fourth-order valence-corrected chi connectivity index (χ4v) is 7.55. The van der Waals surface area contributed by atoms with Crippen molar-refractivity contribution in [2.45, 2.75) is 103 Å². The maximum atomic E-state index is 14.7. The second kappa shape index (κ2) is 12.1. The van der Waals surface area contributed by atoms with Crippen LogP contribution in [0.1, 0.15) is 79.6 Å². The average molecular weight is 546 g/mol. The molecule has 3 fully saturated rings. The number of rotatable bonds is 14. The Balaban J connectivity index is 2.02. The molecular formula is C31H51N3O5. The summed E-state index contributed by atoms with van der Waals surface area (Å²) in [6.07, 6.45) is 8.22. The molecule has 5 atom stereocenters. The molecule has 3 amide bonds. The number of unbranched alkanes of at least 4 members (excludes halogenated alkanes) is 3. The fourth-order valence-electron chi connectivity index (χ4n) is 7.55. The SMILES string of the molecule is C=CCN(C)C(=O)[C@@H]1[C@H]2C(=O)N(CCCCCCO)C(C(=O)N(CC=C)C(C)(C)CC(C)(C)C)C23CC[C@H]1O3. The number of nitrogens with zero attached hydrogens (tertiary/aromatic N) is 3. The molecule has 1 N–H and O–H groups in total. The van der Waals surface area contributed by atoms with E-state index >= 15 is 0 Å². The molecule has 3 aliphatic rings. The first-order chi connectivity index (χ1) is 18.3. The number of hydrogen-bond donors (Lipinski definition) is 1. The molecule has 3 saturated heterocycles. The Hall–Kier alpha value is -2.19. The van der Waals surface area contributed by atoms with E-state index in [9.17, 15) is 14.4 Å². The Labute approximate surface area is 235 Å². The maximum absolute atomic E-state index is 14.7. The van der Waals surface area contributed by atoms with Crippen molar-refractivity contribution in [2.24, 2.45) is 17.3 Å². The van der Waals surface area contributed by atoms with Crippen LogP contribution < -0.4 is 0 Å². The predicted molar refractivity (Wildman–Crippen MR) is 153 cm³/mol. The molecule has 0 aromatic rings. The van der Waals surface area contributed by atoms with Crippen LogP contribution in [0.2, 0.25) is 0 Å². The second-order valence-corrected chi connectivity index (χ2v) is 13.5. The van der Waals surface area contributed by atoms with Gasteiger partial charge in [-0.05, 0) is 51.4 Å². The van der Waals surface area contributed by atoms with Crippen molar-refractivity contribution in [3.63, 3.8) is 0 Å². The Morgan fingerprint density at radius 1 is 1.08 bits per heavy atom. The zero-order valence-corrected chi connectivity index (χ0v) is 25.1. The van der Waals surface area contributed by atoms with Crippen LogP contribution in [-0.4, -0.2) is 94.1 Å². The van der Waals surface area contributed by atoms with Crippen LogP contribution in [0.4, 0.5) is 0 Å². The highest BCUT2D eigenvalue weighted by atomic mass is 16.5. The molecule has 0 radical (unpaired) electrons. The summed E-state index contributed by atoms with van der Waals surface area (Å²) in [6, 6.07) is -0.778. The topological polar surface area (TPSA) is 90.4 Å². The number of fused-ring (bicyclic) bond motifs is 1. The lowest BCUT2D eigenvalue weighted by atomic mass is 9.70. The Kier molecular flexibility index (Phi) is 9.75. The largest absolute Gasteiger partial charge is 0.396 e. The van der Waals surface area contributed by atoms with Crippen LogP contribution in [0, 0.1) is 17.3 Å². The molecule has 2 bridgehead atoms. The third-order valence-electron chi connectivity index (χ3n) is 8.68. The summed E-state index contributed by atoms with van der Waals surface area (Å²) in [6.45, 7) is 19.7. The first kappa shape index (κ1) is 31.3. The number of carbonyl (C=O) groups is 3. The van der Waals surface area contributed by atoms with E-state index in [2.05, 4.69) is 47.8 Å². The zero-order chi connectivity index (χ0) is 29.2. The maximum Gasteiger partial charge on any atom is 0.249 e. The summed E-state index contributed by atoms with van der Waals surface area (Å²) in [7, 11) is 1.73. The molecule has 1 spiro atoms.